The van der Waals surface area contributed by atoms with Gasteiger partial charge in [0.1, 0.15) is 11.6 Å². The van der Waals surface area contributed by atoms with Crippen LogP contribution in [-0.2, 0) is 0 Å². The Balaban J connectivity index is 1.57. The van der Waals surface area contributed by atoms with Crippen LogP contribution >= 0.6 is 0 Å². The largest absolute Gasteiger partial charge is 0.337 e. The van der Waals surface area contributed by atoms with E-state index in [0.29, 0.717) is 24.3 Å². The second kappa shape index (κ2) is 9.54. The first-order valence-corrected chi connectivity index (χ1v) is 10.7. The van der Waals surface area contributed by atoms with Crippen LogP contribution in [-0.4, -0.2) is 24.6 Å². The van der Waals surface area contributed by atoms with Gasteiger partial charge in [-0.3, -0.25) is 0 Å². The molecule has 2 aromatic rings. The van der Waals surface area contributed by atoms with Gasteiger partial charge >= 0.3 is 12.1 Å². The van der Waals surface area contributed by atoms with Crippen molar-refractivity contribution in [1.29, 1.82) is 0 Å². The molecular weight excluding hydrogens is 414 g/mol. The van der Waals surface area contributed by atoms with Gasteiger partial charge in [-0.25, -0.2) is 18.4 Å². The molecule has 1 aliphatic rings. The molecule has 3 rings (SSSR count). The third-order valence-electron chi connectivity index (χ3n) is 5.62. The fourth-order valence-corrected chi connectivity index (χ4v) is 4.82. The van der Waals surface area contributed by atoms with Crippen LogP contribution in [0.1, 0.15) is 40.0 Å². The van der Waals surface area contributed by atoms with E-state index in [0.717, 1.165) is 12.8 Å². The number of carbonyl (C=O) groups is 2. The van der Waals surface area contributed by atoms with E-state index >= 15 is 0 Å². The van der Waals surface area contributed by atoms with E-state index in [2.05, 4.69) is 42.0 Å². The van der Waals surface area contributed by atoms with Crippen LogP contribution in [0.3, 0.4) is 0 Å². The Morgan fingerprint density at radius 1 is 0.906 bits per heavy atom. The van der Waals surface area contributed by atoms with Gasteiger partial charge in [-0.1, -0.05) is 32.9 Å². The lowest BCUT2D eigenvalue weighted by Crippen LogP contribution is -2.51. The van der Waals surface area contributed by atoms with Crippen molar-refractivity contribution in [1.82, 2.24) is 10.6 Å². The monoisotopic (exact) mass is 444 g/mol. The summed E-state index contributed by atoms with van der Waals surface area (Å²) >= 11 is 0. The predicted molar refractivity (Wildman–Crippen MR) is 122 cm³/mol. The van der Waals surface area contributed by atoms with Crippen molar-refractivity contribution in [3.63, 3.8) is 0 Å². The summed E-state index contributed by atoms with van der Waals surface area (Å²) in [5.74, 6) is -0.842. The summed E-state index contributed by atoms with van der Waals surface area (Å²) in [4.78, 5) is 24.8. The van der Waals surface area contributed by atoms with E-state index in [9.17, 15) is 18.4 Å². The van der Waals surface area contributed by atoms with Crippen molar-refractivity contribution in [2.75, 3.05) is 17.2 Å². The first-order valence-electron chi connectivity index (χ1n) is 10.7. The molecule has 32 heavy (non-hydrogen) atoms. The SMILES string of the molecule is CC1(C)C[C@H](NC(=O)Nc2cccc(F)c2)C[C@@](C)(CNC(=O)Nc2cccc(F)c2)C1. The molecule has 0 aliphatic heterocycles. The van der Waals surface area contributed by atoms with Crippen molar-refractivity contribution < 1.29 is 18.4 Å². The van der Waals surface area contributed by atoms with Gasteiger partial charge in [-0.05, 0) is 66.5 Å². The molecule has 0 saturated heterocycles. The highest BCUT2D eigenvalue weighted by atomic mass is 19.1. The molecule has 0 bridgehead atoms. The fourth-order valence-electron chi connectivity index (χ4n) is 4.82. The zero-order chi connectivity index (χ0) is 23.4. The normalized spacial score (nSPS) is 22.0. The zero-order valence-corrected chi connectivity index (χ0v) is 18.6. The minimum absolute atomic E-state index is 0.0511. The van der Waals surface area contributed by atoms with Crippen molar-refractivity contribution in [3.8, 4) is 0 Å². The Kier molecular flexibility index (Phi) is 7.01. The predicted octanol–water partition coefficient (Wildman–Crippen LogP) is 5.49. The summed E-state index contributed by atoms with van der Waals surface area (Å²) < 4.78 is 26.7. The lowest BCUT2D eigenvalue weighted by molar-refractivity contribution is 0.0761. The van der Waals surface area contributed by atoms with Crippen molar-refractivity contribution in [3.05, 3.63) is 60.2 Å². The van der Waals surface area contributed by atoms with Crippen LogP contribution in [0.15, 0.2) is 48.5 Å². The number of carbonyl (C=O) groups excluding carboxylic acids is 2. The minimum Gasteiger partial charge on any atom is -0.337 e. The molecule has 0 radical (unpaired) electrons. The maximum Gasteiger partial charge on any atom is 0.319 e. The highest BCUT2D eigenvalue weighted by molar-refractivity contribution is 5.90. The number of halogens is 2. The zero-order valence-electron chi connectivity index (χ0n) is 18.6. The van der Waals surface area contributed by atoms with Crippen LogP contribution in [0.25, 0.3) is 0 Å². The Hall–Kier alpha value is -3.16. The van der Waals surface area contributed by atoms with Crippen molar-refractivity contribution >= 4 is 23.4 Å². The second-order valence-electron chi connectivity index (χ2n) is 9.68. The van der Waals surface area contributed by atoms with Gasteiger partial charge in [-0.15, -0.1) is 0 Å². The summed E-state index contributed by atoms with van der Waals surface area (Å²) in [6, 6.07) is 10.5. The Morgan fingerprint density at radius 2 is 1.47 bits per heavy atom. The summed E-state index contributed by atoms with van der Waals surface area (Å²) in [7, 11) is 0. The third-order valence-corrected chi connectivity index (χ3v) is 5.62. The van der Waals surface area contributed by atoms with Gasteiger partial charge in [0.25, 0.3) is 0 Å². The van der Waals surface area contributed by atoms with Gasteiger partial charge in [0.2, 0.25) is 0 Å². The molecule has 0 spiro atoms. The highest BCUT2D eigenvalue weighted by Gasteiger charge is 2.41. The number of benzene rings is 2. The molecule has 2 aromatic carbocycles. The average Bonchev–Trinajstić information content (AvgIpc) is 2.65. The van der Waals surface area contributed by atoms with E-state index in [1.54, 1.807) is 12.1 Å². The fraction of sp³-hybridized carbons (Fsp3) is 0.417. The topological polar surface area (TPSA) is 82.3 Å². The van der Waals surface area contributed by atoms with Crippen molar-refractivity contribution in [2.45, 2.75) is 46.1 Å². The van der Waals surface area contributed by atoms with E-state index < -0.39 is 23.7 Å². The Bertz CT molecular complexity index is 982. The number of nitrogens with one attached hydrogen (secondary N) is 4. The number of rotatable bonds is 5. The Morgan fingerprint density at radius 3 is 2.03 bits per heavy atom. The molecule has 8 heteroatoms. The van der Waals surface area contributed by atoms with E-state index in [1.165, 1.54) is 36.4 Å². The summed E-state index contributed by atoms with van der Waals surface area (Å²) in [6.45, 7) is 6.75. The highest BCUT2D eigenvalue weighted by Crippen LogP contribution is 2.45. The average molecular weight is 445 g/mol. The lowest BCUT2D eigenvalue weighted by atomic mass is 9.62. The van der Waals surface area contributed by atoms with Gasteiger partial charge < -0.3 is 21.3 Å². The summed E-state index contributed by atoms with van der Waals surface area (Å²) in [5.41, 5.74) is 0.462. The van der Waals surface area contributed by atoms with Crippen LogP contribution in [0.5, 0.6) is 0 Å². The standard InChI is InChI=1S/C24H30F2N4O2/c1-23(2)12-20(30-22(32)29-19-9-5-7-17(26)11-19)13-24(3,14-23)15-27-21(31)28-18-8-4-6-16(25)10-18/h4-11,20H,12-15H2,1-3H3,(H2,27,28,31)(H2,29,30,32)/t20-,24+/m0/s1. The third kappa shape index (κ3) is 6.93. The summed E-state index contributed by atoms with van der Waals surface area (Å²) in [6.07, 6.45) is 2.33. The van der Waals surface area contributed by atoms with Gasteiger partial charge in [0.05, 0.1) is 0 Å². The summed E-state index contributed by atoms with van der Waals surface area (Å²) in [5, 5.41) is 11.2. The molecule has 1 fully saturated rings. The van der Waals surface area contributed by atoms with Gasteiger partial charge in [-0.2, -0.15) is 0 Å². The smallest absolute Gasteiger partial charge is 0.319 e. The van der Waals surface area contributed by atoms with Crippen LogP contribution in [0, 0.1) is 22.5 Å². The number of amides is 4. The van der Waals surface area contributed by atoms with Gasteiger partial charge in [0.15, 0.2) is 0 Å². The Labute approximate surface area is 187 Å². The number of hydrogen-bond acceptors (Lipinski definition) is 2. The number of anilines is 2. The van der Waals surface area contributed by atoms with E-state index in [-0.39, 0.29) is 16.9 Å². The first kappa shape index (κ1) is 23.5. The molecule has 6 nitrogen and oxygen atoms in total. The number of urea groups is 2. The van der Waals surface area contributed by atoms with Crippen molar-refractivity contribution in [2.24, 2.45) is 10.8 Å². The van der Waals surface area contributed by atoms with E-state index in [4.69, 9.17) is 0 Å². The molecule has 172 valence electrons. The molecule has 0 heterocycles. The minimum atomic E-state index is -0.422. The molecule has 4 N–H and O–H groups in total. The molecule has 1 aliphatic carbocycles. The molecular formula is C24H30F2N4O2. The van der Waals surface area contributed by atoms with E-state index in [1.807, 2.05) is 0 Å². The van der Waals surface area contributed by atoms with Gasteiger partial charge in [0, 0.05) is 24.0 Å². The maximum absolute atomic E-state index is 13.4. The lowest BCUT2D eigenvalue weighted by Gasteiger charge is -2.46. The first-order chi connectivity index (χ1) is 15.0. The maximum atomic E-state index is 13.4. The molecule has 0 unspecified atom stereocenters. The molecule has 0 aromatic heterocycles. The van der Waals surface area contributed by atoms with Crippen LogP contribution < -0.4 is 21.3 Å². The van der Waals surface area contributed by atoms with Crippen LogP contribution in [0.2, 0.25) is 0 Å². The number of hydrogen-bond donors (Lipinski definition) is 4. The quantitative estimate of drug-likeness (QED) is 0.492. The second-order valence-corrected chi connectivity index (χ2v) is 9.68. The van der Waals surface area contributed by atoms with Crippen LogP contribution in [0.4, 0.5) is 29.7 Å². The molecule has 1 saturated carbocycles. The molecule has 2 atom stereocenters. The molecule has 4 amide bonds.